The lowest BCUT2D eigenvalue weighted by Crippen LogP contribution is -2.41. The zero-order valence-corrected chi connectivity index (χ0v) is 7.75. The fraction of sp³-hybridized carbons (Fsp3) is 1.00. The lowest BCUT2D eigenvalue weighted by molar-refractivity contribution is 0.0237. The first-order chi connectivity index (χ1) is 5.83. The second-order valence-corrected chi connectivity index (χ2v) is 3.46. The maximum Gasteiger partial charge on any atom is 0.0700 e. The normalized spacial score (nSPS) is 30.5. The van der Waals surface area contributed by atoms with Gasteiger partial charge in [-0.3, -0.25) is 0 Å². The van der Waals surface area contributed by atoms with Crippen molar-refractivity contribution in [3.8, 4) is 0 Å². The highest BCUT2D eigenvalue weighted by molar-refractivity contribution is 4.74. The minimum absolute atomic E-state index is 0.233. The summed E-state index contributed by atoms with van der Waals surface area (Å²) in [5.41, 5.74) is 0. The van der Waals surface area contributed by atoms with Gasteiger partial charge in [0.2, 0.25) is 0 Å². The lowest BCUT2D eigenvalue weighted by atomic mass is 10.0. The molecule has 2 unspecified atom stereocenters. The number of ether oxygens (including phenoxy) is 1. The maximum absolute atomic E-state index is 8.54. The van der Waals surface area contributed by atoms with Gasteiger partial charge in [0.05, 0.1) is 6.10 Å². The minimum atomic E-state index is 0.233. The van der Waals surface area contributed by atoms with Crippen molar-refractivity contribution in [1.82, 2.24) is 5.32 Å². The van der Waals surface area contributed by atoms with Crippen LogP contribution in [0.1, 0.15) is 26.2 Å². The molecule has 1 rings (SSSR count). The van der Waals surface area contributed by atoms with Crippen LogP contribution in [0.3, 0.4) is 0 Å². The van der Waals surface area contributed by atoms with Crippen LogP contribution in [0.4, 0.5) is 0 Å². The van der Waals surface area contributed by atoms with Crippen LogP contribution in [0.5, 0.6) is 0 Å². The summed E-state index contributed by atoms with van der Waals surface area (Å²) >= 11 is 0. The quantitative estimate of drug-likeness (QED) is 0.609. The number of hydrogen-bond donors (Lipinski definition) is 2. The summed E-state index contributed by atoms with van der Waals surface area (Å²) in [5.74, 6) is 0. The molecule has 0 aromatic heterocycles. The van der Waals surface area contributed by atoms with Gasteiger partial charge in [0.15, 0.2) is 0 Å². The third-order valence-corrected chi connectivity index (χ3v) is 2.27. The highest BCUT2D eigenvalue weighted by Crippen LogP contribution is 2.10. The van der Waals surface area contributed by atoms with Gasteiger partial charge in [-0.2, -0.15) is 0 Å². The van der Waals surface area contributed by atoms with Gasteiger partial charge in [-0.15, -0.1) is 0 Å². The summed E-state index contributed by atoms with van der Waals surface area (Å²) in [7, 11) is 0. The van der Waals surface area contributed by atoms with E-state index in [0.717, 1.165) is 19.4 Å². The SMILES string of the molecule is CC1CCC(OCCCO)CN1. The van der Waals surface area contributed by atoms with Crippen molar-refractivity contribution in [2.45, 2.75) is 38.3 Å². The Labute approximate surface area is 74.1 Å². The number of aliphatic hydroxyl groups is 1. The van der Waals surface area contributed by atoms with E-state index in [9.17, 15) is 0 Å². The Hall–Kier alpha value is -0.120. The molecule has 2 atom stereocenters. The van der Waals surface area contributed by atoms with E-state index in [1.807, 2.05) is 0 Å². The highest BCUT2D eigenvalue weighted by Gasteiger charge is 2.17. The van der Waals surface area contributed by atoms with E-state index in [1.54, 1.807) is 0 Å². The molecule has 3 heteroatoms. The van der Waals surface area contributed by atoms with Crippen molar-refractivity contribution in [3.05, 3.63) is 0 Å². The van der Waals surface area contributed by atoms with E-state index in [2.05, 4.69) is 12.2 Å². The largest absolute Gasteiger partial charge is 0.396 e. The van der Waals surface area contributed by atoms with Crippen molar-refractivity contribution in [2.75, 3.05) is 19.8 Å². The Morgan fingerprint density at radius 3 is 2.92 bits per heavy atom. The summed E-state index contributed by atoms with van der Waals surface area (Å²) < 4.78 is 5.55. The Morgan fingerprint density at radius 1 is 1.50 bits per heavy atom. The summed E-state index contributed by atoms with van der Waals surface area (Å²) in [5, 5.41) is 11.9. The fourth-order valence-corrected chi connectivity index (χ4v) is 1.43. The zero-order valence-electron chi connectivity index (χ0n) is 7.75. The molecule has 0 saturated carbocycles. The number of nitrogens with one attached hydrogen (secondary N) is 1. The molecule has 72 valence electrons. The monoisotopic (exact) mass is 173 g/mol. The molecule has 0 bridgehead atoms. The lowest BCUT2D eigenvalue weighted by Gasteiger charge is -2.27. The summed E-state index contributed by atoms with van der Waals surface area (Å²) in [6.07, 6.45) is 3.47. The predicted molar refractivity (Wildman–Crippen MR) is 48.1 cm³/mol. The number of aliphatic hydroxyl groups excluding tert-OH is 1. The van der Waals surface area contributed by atoms with Gasteiger partial charge >= 0.3 is 0 Å². The zero-order chi connectivity index (χ0) is 8.81. The molecule has 1 saturated heterocycles. The molecule has 3 nitrogen and oxygen atoms in total. The molecule has 2 N–H and O–H groups in total. The van der Waals surface area contributed by atoms with E-state index >= 15 is 0 Å². The third-order valence-electron chi connectivity index (χ3n) is 2.27. The Bertz CT molecular complexity index is 111. The molecule has 0 radical (unpaired) electrons. The van der Waals surface area contributed by atoms with Gasteiger partial charge in [-0.1, -0.05) is 0 Å². The maximum atomic E-state index is 8.54. The van der Waals surface area contributed by atoms with Crippen LogP contribution >= 0.6 is 0 Å². The van der Waals surface area contributed by atoms with Crippen LogP contribution in [0.25, 0.3) is 0 Å². The topological polar surface area (TPSA) is 41.5 Å². The summed E-state index contributed by atoms with van der Waals surface area (Å²) in [6.45, 7) is 4.09. The Balaban J connectivity index is 2.01. The molecule has 12 heavy (non-hydrogen) atoms. The summed E-state index contributed by atoms with van der Waals surface area (Å²) in [4.78, 5) is 0. The molecule has 0 aliphatic carbocycles. The predicted octanol–water partition coefficient (Wildman–Crippen LogP) is 0.526. The van der Waals surface area contributed by atoms with Crippen molar-refractivity contribution >= 4 is 0 Å². The van der Waals surface area contributed by atoms with Gasteiger partial charge in [-0.25, -0.2) is 0 Å². The molecule has 1 fully saturated rings. The second-order valence-electron chi connectivity index (χ2n) is 3.46. The molecular weight excluding hydrogens is 154 g/mol. The summed E-state index contributed by atoms with van der Waals surface area (Å²) in [6, 6.07) is 0.641. The van der Waals surface area contributed by atoms with E-state index in [-0.39, 0.29) is 6.61 Å². The average molecular weight is 173 g/mol. The smallest absolute Gasteiger partial charge is 0.0700 e. The van der Waals surface area contributed by atoms with Gasteiger partial charge in [-0.05, 0) is 26.2 Å². The average Bonchev–Trinajstić information content (AvgIpc) is 2.09. The minimum Gasteiger partial charge on any atom is -0.396 e. The third kappa shape index (κ3) is 3.52. The Morgan fingerprint density at radius 2 is 2.33 bits per heavy atom. The van der Waals surface area contributed by atoms with Crippen molar-refractivity contribution in [2.24, 2.45) is 0 Å². The molecule has 0 spiro atoms. The van der Waals surface area contributed by atoms with E-state index < -0.39 is 0 Å². The molecule has 0 aromatic rings. The van der Waals surface area contributed by atoms with E-state index in [4.69, 9.17) is 9.84 Å². The second kappa shape index (κ2) is 5.51. The molecule has 1 aliphatic rings. The Kier molecular flexibility index (Phi) is 4.58. The van der Waals surface area contributed by atoms with E-state index in [0.29, 0.717) is 18.8 Å². The van der Waals surface area contributed by atoms with Crippen LogP contribution in [-0.2, 0) is 4.74 Å². The van der Waals surface area contributed by atoms with Gasteiger partial charge in [0.1, 0.15) is 0 Å². The van der Waals surface area contributed by atoms with Crippen LogP contribution in [0.15, 0.2) is 0 Å². The first-order valence-corrected chi connectivity index (χ1v) is 4.78. The molecule has 0 aromatic carbocycles. The van der Waals surface area contributed by atoms with Gasteiger partial charge in [0, 0.05) is 25.8 Å². The standard InChI is InChI=1S/C9H19NO2/c1-8-3-4-9(7-10-8)12-6-2-5-11/h8-11H,2-7H2,1H3. The van der Waals surface area contributed by atoms with Crippen LogP contribution in [0, 0.1) is 0 Å². The van der Waals surface area contributed by atoms with Crippen LogP contribution < -0.4 is 5.32 Å². The molecule has 0 amide bonds. The first kappa shape index (κ1) is 9.96. The van der Waals surface area contributed by atoms with Gasteiger partial charge < -0.3 is 15.2 Å². The van der Waals surface area contributed by atoms with Crippen LogP contribution in [0.2, 0.25) is 0 Å². The fourth-order valence-electron chi connectivity index (χ4n) is 1.43. The molecular formula is C9H19NO2. The van der Waals surface area contributed by atoms with Crippen molar-refractivity contribution < 1.29 is 9.84 Å². The molecule has 1 heterocycles. The number of piperidine rings is 1. The molecule has 1 aliphatic heterocycles. The highest BCUT2D eigenvalue weighted by atomic mass is 16.5. The number of rotatable bonds is 4. The van der Waals surface area contributed by atoms with Crippen LogP contribution in [-0.4, -0.2) is 37.0 Å². The van der Waals surface area contributed by atoms with Crippen molar-refractivity contribution in [3.63, 3.8) is 0 Å². The van der Waals surface area contributed by atoms with E-state index in [1.165, 1.54) is 6.42 Å². The number of hydrogen-bond acceptors (Lipinski definition) is 3. The first-order valence-electron chi connectivity index (χ1n) is 4.78. The van der Waals surface area contributed by atoms with Gasteiger partial charge in [0.25, 0.3) is 0 Å². The van der Waals surface area contributed by atoms with Crippen molar-refractivity contribution in [1.29, 1.82) is 0 Å².